The lowest BCUT2D eigenvalue weighted by atomic mass is 10.1. The lowest BCUT2D eigenvalue weighted by molar-refractivity contribution is 0.569. The number of aryl methyl sites for hydroxylation is 1. The van der Waals surface area contributed by atoms with Gasteiger partial charge in [-0.2, -0.15) is 9.98 Å². The van der Waals surface area contributed by atoms with Crippen LogP contribution in [0, 0.1) is 18.3 Å². The molecule has 7 heteroatoms. The molecule has 0 fully saturated rings. The SMILES string of the molecule is Cc1ccc(S(=O)(=O)N[C@@H](C#N)[C@H](Cl)c2ccc(Cl)cc2)cc1. The molecule has 0 unspecified atom stereocenters. The molecule has 0 spiro atoms. The van der Waals surface area contributed by atoms with Crippen LogP contribution in [-0.4, -0.2) is 14.5 Å². The maximum atomic E-state index is 12.4. The Morgan fingerprint density at radius 2 is 1.65 bits per heavy atom. The van der Waals surface area contributed by atoms with Crippen LogP contribution in [-0.2, 0) is 10.0 Å². The summed E-state index contributed by atoms with van der Waals surface area (Å²) < 4.78 is 27.1. The van der Waals surface area contributed by atoms with Crippen LogP contribution in [0.15, 0.2) is 53.4 Å². The molecule has 0 heterocycles. The summed E-state index contributed by atoms with van der Waals surface area (Å²) in [6.45, 7) is 1.86. The first-order chi connectivity index (χ1) is 10.8. The van der Waals surface area contributed by atoms with Crippen LogP contribution in [0.5, 0.6) is 0 Å². The maximum absolute atomic E-state index is 12.4. The standard InChI is InChI=1S/C16H14Cl2N2O2S/c1-11-2-8-14(9-3-11)23(21,22)20-15(10-19)16(18)12-4-6-13(17)7-5-12/h2-9,15-16,20H,1H3/t15-,16+/m0/s1. The van der Waals surface area contributed by atoms with E-state index in [-0.39, 0.29) is 4.90 Å². The van der Waals surface area contributed by atoms with E-state index >= 15 is 0 Å². The molecule has 1 N–H and O–H groups in total. The van der Waals surface area contributed by atoms with Gasteiger partial charge in [-0.15, -0.1) is 11.6 Å². The van der Waals surface area contributed by atoms with Crippen molar-refractivity contribution in [2.45, 2.75) is 23.2 Å². The first kappa shape index (κ1) is 17.8. The zero-order chi connectivity index (χ0) is 17.0. The molecule has 120 valence electrons. The summed E-state index contributed by atoms with van der Waals surface area (Å²) >= 11 is 12.1. The number of hydrogen-bond acceptors (Lipinski definition) is 3. The molecule has 0 aromatic heterocycles. The fraction of sp³-hybridized carbons (Fsp3) is 0.188. The number of sulfonamides is 1. The Kier molecular flexibility index (Phi) is 5.66. The van der Waals surface area contributed by atoms with Crippen molar-refractivity contribution in [2.24, 2.45) is 0 Å². The van der Waals surface area contributed by atoms with E-state index in [1.54, 1.807) is 36.4 Å². The summed E-state index contributed by atoms with van der Waals surface area (Å²) in [5.41, 5.74) is 1.55. The third-order valence-electron chi connectivity index (χ3n) is 3.23. The fourth-order valence-corrected chi connectivity index (χ4v) is 3.56. The number of halogens is 2. The first-order valence-corrected chi connectivity index (χ1v) is 9.01. The smallest absolute Gasteiger partial charge is 0.207 e. The van der Waals surface area contributed by atoms with Crippen LogP contribution in [0.2, 0.25) is 5.02 Å². The molecule has 0 saturated carbocycles. The quantitative estimate of drug-likeness (QED) is 0.815. The highest BCUT2D eigenvalue weighted by molar-refractivity contribution is 7.89. The largest absolute Gasteiger partial charge is 0.241 e. The second kappa shape index (κ2) is 7.33. The molecule has 0 radical (unpaired) electrons. The van der Waals surface area contributed by atoms with E-state index in [1.807, 2.05) is 13.0 Å². The molecule has 4 nitrogen and oxygen atoms in total. The van der Waals surface area contributed by atoms with Crippen LogP contribution in [0.4, 0.5) is 0 Å². The molecule has 2 rings (SSSR count). The van der Waals surface area contributed by atoms with E-state index in [2.05, 4.69) is 4.72 Å². The molecule has 0 aliphatic carbocycles. The van der Waals surface area contributed by atoms with E-state index < -0.39 is 21.4 Å². The van der Waals surface area contributed by atoms with Crippen LogP contribution in [0.1, 0.15) is 16.5 Å². The lowest BCUT2D eigenvalue weighted by Gasteiger charge is -2.18. The summed E-state index contributed by atoms with van der Waals surface area (Å²) in [6.07, 6.45) is 0. The van der Waals surface area contributed by atoms with Gasteiger partial charge in [0, 0.05) is 5.02 Å². The van der Waals surface area contributed by atoms with Crippen molar-refractivity contribution in [1.82, 2.24) is 4.72 Å². The Morgan fingerprint density at radius 3 is 2.17 bits per heavy atom. The van der Waals surface area contributed by atoms with Crippen molar-refractivity contribution < 1.29 is 8.42 Å². The fourth-order valence-electron chi connectivity index (χ4n) is 1.94. The summed E-state index contributed by atoms with van der Waals surface area (Å²) in [5, 5.41) is 8.98. The van der Waals surface area contributed by atoms with E-state index in [1.165, 1.54) is 12.1 Å². The van der Waals surface area contributed by atoms with E-state index in [0.717, 1.165) is 5.56 Å². The Morgan fingerprint density at radius 1 is 1.09 bits per heavy atom. The van der Waals surface area contributed by atoms with Crippen LogP contribution < -0.4 is 4.72 Å². The van der Waals surface area contributed by atoms with Gasteiger partial charge >= 0.3 is 0 Å². The number of alkyl halides is 1. The predicted octanol–water partition coefficient (Wildman–Crippen LogP) is 3.80. The van der Waals surface area contributed by atoms with Gasteiger partial charge < -0.3 is 0 Å². The minimum absolute atomic E-state index is 0.0864. The normalized spacial score (nSPS) is 14.0. The number of benzene rings is 2. The summed E-state index contributed by atoms with van der Waals surface area (Å²) in [4.78, 5) is 0.0864. The third-order valence-corrected chi connectivity index (χ3v) is 5.45. The van der Waals surface area contributed by atoms with Crippen LogP contribution >= 0.6 is 23.2 Å². The minimum atomic E-state index is -3.83. The van der Waals surface area contributed by atoms with Gasteiger partial charge in [0.25, 0.3) is 0 Å². The number of nitriles is 1. The highest BCUT2D eigenvalue weighted by Crippen LogP contribution is 2.26. The zero-order valence-electron chi connectivity index (χ0n) is 12.2. The third kappa shape index (κ3) is 4.46. The molecule has 23 heavy (non-hydrogen) atoms. The van der Waals surface area contributed by atoms with Crippen molar-refractivity contribution >= 4 is 33.2 Å². The molecule has 0 aliphatic heterocycles. The predicted molar refractivity (Wildman–Crippen MR) is 90.9 cm³/mol. The van der Waals surface area contributed by atoms with E-state index in [0.29, 0.717) is 10.6 Å². The van der Waals surface area contributed by atoms with Gasteiger partial charge in [0.15, 0.2) is 0 Å². The Labute approximate surface area is 145 Å². The van der Waals surface area contributed by atoms with E-state index in [4.69, 9.17) is 23.2 Å². The molecule has 0 saturated heterocycles. The summed E-state index contributed by atoms with van der Waals surface area (Å²) in [5.74, 6) is 0. The van der Waals surface area contributed by atoms with Crippen LogP contribution in [0.3, 0.4) is 0 Å². The highest BCUT2D eigenvalue weighted by Gasteiger charge is 2.27. The molecule has 0 amide bonds. The van der Waals surface area contributed by atoms with E-state index in [9.17, 15) is 13.7 Å². The monoisotopic (exact) mass is 368 g/mol. The second-order valence-electron chi connectivity index (χ2n) is 4.99. The Bertz CT molecular complexity index is 813. The van der Waals surface area contributed by atoms with Gasteiger partial charge in [0.05, 0.1) is 16.3 Å². The van der Waals surface area contributed by atoms with Crippen molar-refractivity contribution in [3.05, 3.63) is 64.7 Å². The van der Waals surface area contributed by atoms with Gasteiger partial charge in [0.2, 0.25) is 10.0 Å². The lowest BCUT2D eigenvalue weighted by Crippen LogP contribution is -2.36. The molecule has 2 aromatic rings. The van der Waals surface area contributed by atoms with Gasteiger partial charge in [0.1, 0.15) is 6.04 Å². The highest BCUT2D eigenvalue weighted by atomic mass is 35.5. The molecule has 0 bridgehead atoms. The summed E-state index contributed by atoms with van der Waals surface area (Å²) in [7, 11) is -3.83. The van der Waals surface area contributed by atoms with Crippen molar-refractivity contribution in [3.63, 3.8) is 0 Å². The van der Waals surface area contributed by atoms with Gasteiger partial charge in [-0.25, -0.2) is 8.42 Å². The van der Waals surface area contributed by atoms with Crippen molar-refractivity contribution in [1.29, 1.82) is 5.26 Å². The van der Waals surface area contributed by atoms with Crippen molar-refractivity contribution in [3.8, 4) is 6.07 Å². The number of nitrogens with zero attached hydrogens (tertiary/aromatic N) is 1. The second-order valence-corrected chi connectivity index (χ2v) is 7.62. The molecular weight excluding hydrogens is 355 g/mol. The van der Waals surface area contributed by atoms with Crippen LogP contribution in [0.25, 0.3) is 0 Å². The van der Waals surface area contributed by atoms with Crippen molar-refractivity contribution in [2.75, 3.05) is 0 Å². The van der Waals surface area contributed by atoms with Gasteiger partial charge in [-0.05, 0) is 36.8 Å². The molecular formula is C16H14Cl2N2O2S. The number of nitrogens with one attached hydrogen (secondary N) is 1. The number of hydrogen-bond donors (Lipinski definition) is 1. The minimum Gasteiger partial charge on any atom is -0.207 e. The number of rotatable bonds is 5. The van der Waals surface area contributed by atoms with Gasteiger partial charge in [-0.3, -0.25) is 0 Å². The Hall–Kier alpha value is -1.58. The van der Waals surface area contributed by atoms with Gasteiger partial charge in [-0.1, -0.05) is 41.4 Å². The topological polar surface area (TPSA) is 70.0 Å². The average molecular weight is 369 g/mol. The first-order valence-electron chi connectivity index (χ1n) is 6.71. The molecule has 0 aliphatic rings. The summed E-state index contributed by atoms with van der Waals surface area (Å²) in [6, 6.07) is 13.7. The zero-order valence-corrected chi connectivity index (χ0v) is 14.5. The molecule has 2 atom stereocenters. The maximum Gasteiger partial charge on any atom is 0.241 e. The molecule has 2 aromatic carbocycles. The Balaban J connectivity index is 2.23. The average Bonchev–Trinajstić information content (AvgIpc) is 2.53.